The van der Waals surface area contributed by atoms with Gasteiger partial charge in [-0.2, -0.15) is 0 Å². The topological polar surface area (TPSA) is 21.3 Å². The van der Waals surface area contributed by atoms with Crippen LogP contribution in [-0.4, -0.2) is 19.3 Å². The fourth-order valence-electron chi connectivity index (χ4n) is 2.11. The minimum Gasteiger partial charge on any atom is -0.377 e. The van der Waals surface area contributed by atoms with Gasteiger partial charge in [-0.15, -0.1) is 0 Å². The largest absolute Gasteiger partial charge is 0.377 e. The number of likely N-dealkylation sites (N-methyl/N-ethyl adjacent to an activating group) is 1. The van der Waals surface area contributed by atoms with E-state index in [1.807, 2.05) is 0 Å². The first-order valence-corrected chi connectivity index (χ1v) is 7.83. The molecule has 0 aliphatic rings. The van der Waals surface area contributed by atoms with Crippen LogP contribution < -0.4 is 5.32 Å². The Morgan fingerprint density at radius 3 is 2.15 bits per heavy atom. The number of hydrogen-bond acceptors (Lipinski definition) is 2. The lowest BCUT2D eigenvalue weighted by Crippen LogP contribution is -2.27. The summed E-state index contributed by atoms with van der Waals surface area (Å²) in [7, 11) is 0. The van der Waals surface area contributed by atoms with Crippen LogP contribution in [0.4, 0.5) is 0 Å². The Kier molecular flexibility index (Phi) is 6.70. The molecule has 0 amide bonds. The van der Waals surface area contributed by atoms with Crippen LogP contribution in [0.25, 0.3) is 0 Å². The van der Waals surface area contributed by atoms with Crippen molar-refractivity contribution in [1.82, 2.24) is 5.32 Å². The summed E-state index contributed by atoms with van der Waals surface area (Å²) < 4.78 is 5.90. The minimum absolute atomic E-state index is 0.208. The average molecular weight is 277 g/mol. The lowest BCUT2D eigenvalue weighted by Gasteiger charge is -2.23. The van der Waals surface area contributed by atoms with Crippen molar-refractivity contribution in [2.45, 2.75) is 65.5 Å². The molecule has 1 aromatic rings. The molecule has 0 spiro atoms. The molecule has 0 saturated carbocycles. The van der Waals surface area contributed by atoms with E-state index in [0.29, 0.717) is 6.10 Å². The van der Waals surface area contributed by atoms with Crippen LogP contribution >= 0.6 is 0 Å². The molecular weight excluding hydrogens is 246 g/mol. The molecule has 114 valence electrons. The smallest absolute Gasteiger partial charge is 0.0665 e. The highest BCUT2D eigenvalue weighted by Crippen LogP contribution is 2.24. The van der Waals surface area contributed by atoms with E-state index in [2.05, 4.69) is 71.1 Å². The molecular formula is C18H31NO. The lowest BCUT2D eigenvalue weighted by molar-refractivity contribution is 0.0476. The maximum Gasteiger partial charge on any atom is 0.0665 e. The van der Waals surface area contributed by atoms with Crippen LogP contribution in [0.3, 0.4) is 0 Å². The fourth-order valence-corrected chi connectivity index (χ4v) is 2.11. The maximum absolute atomic E-state index is 5.90. The molecule has 0 aliphatic carbocycles. The molecule has 0 fully saturated rings. The molecule has 2 atom stereocenters. The molecule has 0 aliphatic heterocycles. The van der Waals surface area contributed by atoms with Crippen molar-refractivity contribution in [1.29, 1.82) is 0 Å². The summed E-state index contributed by atoms with van der Waals surface area (Å²) in [6.07, 6.45) is 1.38. The van der Waals surface area contributed by atoms with Gasteiger partial charge in [0.25, 0.3) is 0 Å². The summed E-state index contributed by atoms with van der Waals surface area (Å²) >= 11 is 0. The number of rotatable bonds is 7. The Morgan fingerprint density at radius 1 is 1.10 bits per heavy atom. The molecule has 2 nitrogen and oxygen atoms in total. The first-order valence-electron chi connectivity index (χ1n) is 7.83. The highest BCUT2D eigenvalue weighted by Gasteiger charge is 2.16. The van der Waals surface area contributed by atoms with Gasteiger partial charge in [-0.05, 0) is 36.4 Å². The summed E-state index contributed by atoms with van der Waals surface area (Å²) in [5.41, 5.74) is 2.89. The average Bonchev–Trinajstić information content (AvgIpc) is 2.42. The van der Waals surface area contributed by atoms with E-state index in [-0.39, 0.29) is 11.5 Å². The zero-order chi connectivity index (χ0) is 15.2. The molecule has 1 rings (SSSR count). The number of ether oxygens (including phenoxy) is 1. The predicted octanol–water partition coefficient (Wildman–Crippen LogP) is 4.45. The monoisotopic (exact) mass is 277 g/mol. The van der Waals surface area contributed by atoms with Gasteiger partial charge in [0.2, 0.25) is 0 Å². The highest BCUT2D eigenvalue weighted by molar-refractivity contribution is 5.29. The first-order chi connectivity index (χ1) is 9.38. The van der Waals surface area contributed by atoms with E-state index in [4.69, 9.17) is 4.74 Å². The van der Waals surface area contributed by atoms with E-state index in [0.717, 1.165) is 19.6 Å². The summed E-state index contributed by atoms with van der Waals surface area (Å²) in [5.74, 6) is 0. The molecule has 0 saturated heterocycles. The zero-order valence-corrected chi connectivity index (χ0v) is 14.0. The second-order valence-electron chi connectivity index (χ2n) is 6.53. The molecule has 0 radical (unpaired) electrons. The van der Waals surface area contributed by atoms with Crippen LogP contribution in [-0.2, 0) is 10.2 Å². The van der Waals surface area contributed by atoms with Gasteiger partial charge in [0.15, 0.2) is 0 Å². The van der Waals surface area contributed by atoms with Crippen molar-refractivity contribution >= 4 is 0 Å². The molecule has 20 heavy (non-hydrogen) atoms. The second-order valence-corrected chi connectivity index (χ2v) is 6.53. The van der Waals surface area contributed by atoms with Gasteiger partial charge in [-0.1, -0.05) is 58.9 Å². The van der Waals surface area contributed by atoms with Crippen molar-refractivity contribution in [2.24, 2.45) is 0 Å². The fraction of sp³-hybridized carbons (Fsp3) is 0.667. The number of nitrogens with one attached hydrogen (secondary N) is 1. The van der Waals surface area contributed by atoms with E-state index in [1.54, 1.807) is 0 Å². The Bertz CT molecular complexity index is 377. The Balaban J connectivity index is 2.76. The van der Waals surface area contributed by atoms with Gasteiger partial charge in [0.05, 0.1) is 18.8 Å². The Hall–Kier alpha value is -0.860. The minimum atomic E-state index is 0.208. The van der Waals surface area contributed by atoms with E-state index in [1.165, 1.54) is 11.1 Å². The van der Waals surface area contributed by atoms with Crippen LogP contribution in [0.5, 0.6) is 0 Å². The van der Waals surface area contributed by atoms with E-state index < -0.39 is 0 Å². The van der Waals surface area contributed by atoms with Gasteiger partial charge in [-0.25, -0.2) is 0 Å². The van der Waals surface area contributed by atoms with Crippen LogP contribution in [0.15, 0.2) is 24.3 Å². The molecule has 0 aromatic heterocycles. The van der Waals surface area contributed by atoms with Crippen molar-refractivity contribution < 1.29 is 4.74 Å². The first kappa shape index (κ1) is 17.2. The summed E-state index contributed by atoms with van der Waals surface area (Å²) in [6, 6.07) is 9.22. The highest BCUT2D eigenvalue weighted by atomic mass is 16.5. The SMILES string of the molecule is CCNC(COC(C)CC)c1ccc(C(C)(C)C)cc1. The Labute approximate surface area is 124 Å². The van der Waals surface area contributed by atoms with Gasteiger partial charge in [0, 0.05) is 0 Å². The third-order valence-corrected chi connectivity index (χ3v) is 3.75. The lowest BCUT2D eigenvalue weighted by atomic mass is 9.86. The third-order valence-electron chi connectivity index (χ3n) is 3.75. The van der Waals surface area contributed by atoms with Gasteiger partial charge in [0.1, 0.15) is 0 Å². The molecule has 1 aromatic carbocycles. The van der Waals surface area contributed by atoms with Crippen LogP contribution in [0, 0.1) is 0 Å². The van der Waals surface area contributed by atoms with Crippen molar-refractivity contribution in [3.05, 3.63) is 35.4 Å². The molecule has 2 unspecified atom stereocenters. The molecule has 2 heteroatoms. The standard InChI is InChI=1S/C18H31NO/c1-7-14(3)20-13-17(19-8-2)15-9-11-16(12-10-15)18(4,5)6/h9-12,14,17,19H,7-8,13H2,1-6H3. The van der Waals surface area contributed by atoms with Gasteiger partial charge < -0.3 is 10.1 Å². The summed E-state index contributed by atoms with van der Waals surface area (Å²) in [6.45, 7) is 14.9. The van der Waals surface area contributed by atoms with E-state index >= 15 is 0 Å². The normalized spacial score (nSPS) is 15.1. The zero-order valence-electron chi connectivity index (χ0n) is 14.0. The molecule has 1 N–H and O–H groups in total. The van der Waals surface area contributed by atoms with E-state index in [9.17, 15) is 0 Å². The number of hydrogen-bond donors (Lipinski definition) is 1. The Morgan fingerprint density at radius 2 is 1.70 bits per heavy atom. The van der Waals surface area contributed by atoms with Gasteiger partial charge in [-0.3, -0.25) is 0 Å². The van der Waals surface area contributed by atoms with Crippen molar-refractivity contribution in [3.63, 3.8) is 0 Å². The second kappa shape index (κ2) is 7.80. The predicted molar refractivity (Wildman–Crippen MR) is 87.3 cm³/mol. The molecule has 0 heterocycles. The van der Waals surface area contributed by atoms with Crippen LogP contribution in [0.2, 0.25) is 0 Å². The van der Waals surface area contributed by atoms with Crippen molar-refractivity contribution in [2.75, 3.05) is 13.2 Å². The summed E-state index contributed by atoms with van der Waals surface area (Å²) in [5, 5.41) is 3.51. The molecule has 0 bridgehead atoms. The maximum atomic E-state index is 5.90. The van der Waals surface area contributed by atoms with Crippen molar-refractivity contribution in [3.8, 4) is 0 Å². The van der Waals surface area contributed by atoms with Crippen LogP contribution in [0.1, 0.15) is 65.1 Å². The quantitative estimate of drug-likeness (QED) is 0.795. The number of benzene rings is 1. The third kappa shape index (κ3) is 5.26. The van der Waals surface area contributed by atoms with Gasteiger partial charge >= 0.3 is 0 Å². The summed E-state index contributed by atoms with van der Waals surface area (Å²) in [4.78, 5) is 0.